The van der Waals surface area contributed by atoms with Crippen LogP contribution in [-0.2, 0) is 0 Å². The smallest absolute Gasteiger partial charge is 0.0715 e. The van der Waals surface area contributed by atoms with Gasteiger partial charge in [0.15, 0.2) is 0 Å². The van der Waals surface area contributed by atoms with Crippen LogP contribution in [0.25, 0.3) is 0 Å². The highest BCUT2D eigenvalue weighted by molar-refractivity contribution is 5.03. The van der Waals surface area contributed by atoms with Crippen LogP contribution < -0.4 is 5.73 Å². The minimum absolute atomic E-state index is 0.0199. The lowest BCUT2D eigenvalue weighted by Gasteiger charge is -2.53. The molecule has 2 nitrogen and oxygen atoms in total. The summed E-state index contributed by atoms with van der Waals surface area (Å²) in [5, 5.41) is 11.3. The van der Waals surface area contributed by atoms with E-state index in [1.165, 1.54) is 51.4 Å². The molecule has 0 aromatic carbocycles. The van der Waals surface area contributed by atoms with Gasteiger partial charge in [-0.2, -0.15) is 0 Å². The van der Waals surface area contributed by atoms with Crippen molar-refractivity contribution in [2.45, 2.75) is 83.7 Å². The van der Waals surface area contributed by atoms with Gasteiger partial charge >= 0.3 is 0 Å². The van der Waals surface area contributed by atoms with E-state index >= 15 is 0 Å². The molecular formula is C17H33NO. The van der Waals surface area contributed by atoms with Gasteiger partial charge in [0.1, 0.15) is 0 Å². The lowest BCUT2D eigenvalue weighted by atomic mass is 9.55. The van der Waals surface area contributed by atoms with Gasteiger partial charge in [0.2, 0.25) is 0 Å². The van der Waals surface area contributed by atoms with Crippen LogP contribution in [0.4, 0.5) is 0 Å². The Hall–Kier alpha value is -0.0800. The molecule has 112 valence electrons. The van der Waals surface area contributed by atoms with Crippen molar-refractivity contribution in [1.29, 1.82) is 0 Å². The highest BCUT2D eigenvalue weighted by Crippen LogP contribution is 2.52. The molecule has 0 aromatic rings. The van der Waals surface area contributed by atoms with Gasteiger partial charge in [0, 0.05) is 12.0 Å². The lowest BCUT2D eigenvalue weighted by molar-refractivity contribution is -0.141. The predicted molar refractivity (Wildman–Crippen MR) is 80.9 cm³/mol. The van der Waals surface area contributed by atoms with Gasteiger partial charge in [0.05, 0.1) is 5.60 Å². The van der Waals surface area contributed by atoms with Crippen molar-refractivity contribution in [3.05, 3.63) is 0 Å². The summed E-state index contributed by atoms with van der Waals surface area (Å²) in [6, 6.07) is 0. The van der Waals surface area contributed by atoms with E-state index in [2.05, 4.69) is 13.8 Å². The van der Waals surface area contributed by atoms with Crippen molar-refractivity contribution >= 4 is 0 Å². The molecule has 0 saturated heterocycles. The Labute approximate surface area is 119 Å². The SMILES string of the molecule is CCC1CCCC(CN)(C(C)(O)C2CCCCC2)C1. The van der Waals surface area contributed by atoms with E-state index in [9.17, 15) is 5.11 Å². The Kier molecular flexibility index (Phi) is 4.94. The Bertz CT molecular complexity index is 283. The molecule has 3 unspecified atom stereocenters. The first-order valence-corrected chi connectivity index (χ1v) is 8.48. The predicted octanol–water partition coefficient (Wildman–Crippen LogP) is 3.86. The fraction of sp³-hybridized carbons (Fsp3) is 1.00. The fourth-order valence-corrected chi connectivity index (χ4v) is 4.78. The van der Waals surface area contributed by atoms with Crippen LogP contribution in [0.1, 0.15) is 78.1 Å². The van der Waals surface area contributed by atoms with Crippen molar-refractivity contribution < 1.29 is 5.11 Å². The van der Waals surface area contributed by atoms with E-state index in [0.29, 0.717) is 12.5 Å². The van der Waals surface area contributed by atoms with Crippen LogP contribution in [0.5, 0.6) is 0 Å². The number of aliphatic hydroxyl groups is 1. The van der Waals surface area contributed by atoms with E-state index in [4.69, 9.17) is 5.73 Å². The molecule has 2 heteroatoms. The third-order valence-electron chi connectivity index (χ3n) is 6.39. The first-order chi connectivity index (χ1) is 9.05. The van der Waals surface area contributed by atoms with E-state index in [0.717, 1.165) is 18.8 Å². The maximum atomic E-state index is 11.3. The van der Waals surface area contributed by atoms with Crippen LogP contribution in [0.15, 0.2) is 0 Å². The van der Waals surface area contributed by atoms with Crippen molar-refractivity contribution in [2.75, 3.05) is 6.54 Å². The van der Waals surface area contributed by atoms with Crippen LogP contribution in [0, 0.1) is 17.3 Å². The average molecular weight is 267 g/mol. The summed E-state index contributed by atoms with van der Waals surface area (Å²) in [4.78, 5) is 0. The number of rotatable bonds is 4. The molecule has 0 aliphatic heterocycles. The standard InChI is InChI=1S/C17H33NO/c1-3-14-8-7-11-17(12-14,13-18)16(2,19)15-9-5-4-6-10-15/h14-15,19H,3-13,18H2,1-2H3. The van der Waals surface area contributed by atoms with Gasteiger partial charge in [-0.05, 0) is 44.4 Å². The maximum Gasteiger partial charge on any atom is 0.0715 e. The van der Waals surface area contributed by atoms with Crippen LogP contribution in [0.2, 0.25) is 0 Å². The highest BCUT2D eigenvalue weighted by Gasteiger charge is 2.52. The second-order valence-corrected chi connectivity index (χ2v) is 7.34. The number of hydrogen-bond donors (Lipinski definition) is 2. The molecule has 0 spiro atoms. The molecule has 2 fully saturated rings. The van der Waals surface area contributed by atoms with Gasteiger partial charge in [-0.3, -0.25) is 0 Å². The van der Waals surface area contributed by atoms with Crippen molar-refractivity contribution in [2.24, 2.45) is 23.0 Å². The molecule has 19 heavy (non-hydrogen) atoms. The van der Waals surface area contributed by atoms with Gasteiger partial charge < -0.3 is 10.8 Å². The van der Waals surface area contributed by atoms with Crippen LogP contribution in [-0.4, -0.2) is 17.3 Å². The summed E-state index contributed by atoms with van der Waals surface area (Å²) in [5.74, 6) is 1.24. The number of nitrogens with two attached hydrogens (primary N) is 1. The first kappa shape index (κ1) is 15.3. The Balaban J connectivity index is 2.17. The molecule has 0 radical (unpaired) electrons. The molecular weight excluding hydrogens is 234 g/mol. The summed E-state index contributed by atoms with van der Waals surface area (Å²) in [5.41, 5.74) is 5.61. The molecule has 2 saturated carbocycles. The summed E-state index contributed by atoms with van der Waals surface area (Å²) in [6.07, 6.45) is 12.4. The lowest BCUT2D eigenvalue weighted by Crippen LogP contribution is -2.57. The third-order valence-corrected chi connectivity index (χ3v) is 6.39. The Morgan fingerprint density at radius 3 is 2.42 bits per heavy atom. The summed E-state index contributed by atoms with van der Waals surface area (Å²) in [6.45, 7) is 5.05. The topological polar surface area (TPSA) is 46.2 Å². The molecule has 3 atom stereocenters. The maximum absolute atomic E-state index is 11.3. The van der Waals surface area contributed by atoms with Gasteiger partial charge in [-0.25, -0.2) is 0 Å². The van der Waals surface area contributed by atoms with Gasteiger partial charge in [-0.1, -0.05) is 45.4 Å². The van der Waals surface area contributed by atoms with Crippen LogP contribution in [0.3, 0.4) is 0 Å². The van der Waals surface area contributed by atoms with Gasteiger partial charge in [-0.15, -0.1) is 0 Å². The minimum atomic E-state index is -0.560. The van der Waals surface area contributed by atoms with E-state index in [1.54, 1.807) is 0 Å². The summed E-state index contributed by atoms with van der Waals surface area (Å²) >= 11 is 0. The minimum Gasteiger partial charge on any atom is -0.389 e. The molecule has 3 N–H and O–H groups in total. The second kappa shape index (κ2) is 6.13. The van der Waals surface area contributed by atoms with Gasteiger partial charge in [0.25, 0.3) is 0 Å². The Morgan fingerprint density at radius 2 is 1.84 bits per heavy atom. The quantitative estimate of drug-likeness (QED) is 0.812. The monoisotopic (exact) mass is 267 g/mol. The number of hydrogen-bond acceptors (Lipinski definition) is 2. The zero-order chi connectivity index (χ0) is 13.9. The van der Waals surface area contributed by atoms with Crippen molar-refractivity contribution in [1.82, 2.24) is 0 Å². The van der Waals surface area contributed by atoms with E-state index in [1.807, 2.05) is 0 Å². The van der Waals surface area contributed by atoms with Crippen molar-refractivity contribution in [3.8, 4) is 0 Å². The second-order valence-electron chi connectivity index (χ2n) is 7.34. The molecule has 2 aliphatic rings. The average Bonchev–Trinajstić information content (AvgIpc) is 2.48. The third kappa shape index (κ3) is 2.85. The zero-order valence-electron chi connectivity index (χ0n) is 13.0. The van der Waals surface area contributed by atoms with Crippen molar-refractivity contribution in [3.63, 3.8) is 0 Å². The van der Waals surface area contributed by atoms with E-state index in [-0.39, 0.29) is 5.41 Å². The summed E-state index contributed by atoms with van der Waals surface area (Å²) < 4.78 is 0. The zero-order valence-corrected chi connectivity index (χ0v) is 13.0. The molecule has 2 aliphatic carbocycles. The molecule has 0 bridgehead atoms. The molecule has 0 amide bonds. The van der Waals surface area contributed by atoms with Crippen LogP contribution >= 0.6 is 0 Å². The molecule has 0 heterocycles. The molecule has 0 aromatic heterocycles. The highest BCUT2D eigenvalue weighted by atomic mass is 16.3. The fourth-order valence-electron chi connectivity index (χ4n) is 4.78. The summed E-state index contributed by atoms with van der Waals surface area (Å²) in [7, 11) is 0. The Morgan fingerprint density at radius 1 is 1.16 bits per heavy atom. The molecule has 2 rings (SSSR count). The normalized spacial score (nSPS) is 36.9. The largest absolute Gasteiger partial charge is 0.389 e. The van der Waals surface area contributed by atoms with E-state index < -0.39 is 5.60 Å². The first-order valence-electron chi connectivity index (χ1n) is 8.48.